The molecule has 198 valence electrons. The normalized spacial score (nSPS) is 35.9. The third-order valence-corrected chi connectivity index (χ3v) is 9.20. The van der Waals surface area contributed by atoms with Crippen LogP contribution >= 0.6 is 0 Å². The predicted octanol–water partition coefficient (Wildman–Crippen LogP) is 5.25. The van der Waals surface area contributed by atoms with Crippen molar-refractivity contribution in [3.63, 3.8) is 0 Å². The zero-order chi connectivity index (χ0) is 26.5. The number of rotatable bonds is 4. The molecule has 4 aliphatic carbocycles. The van der Waals surface area contributed by atoms with E-state index in [4.69, 9.17) is 9.57 Å². The summed E-state index contributed by atoms with van der Waals surface area (Å²) in [6, 6.07) is 0. The Kier molecular flexibility index (Phi) is 6.99. The largest absolute Gasteiger partial charge is 0.462 e. The van der Waals surface area contributed by atoms with Gasteiger partial charge in [0.2, 0.25) is 0 Å². The van der Waals surface area contributed by atoms with E-state index >= 15 is 0 Å². The molecular weight excluding hydrogens is 456 g/mol. The quantitative estimate of drug-likeness (QED) is 0.188. The highest BCUT2D eigenvalue weighted by molar-refractivity contribution is 6.45. The molecule has 0 bridgehead atoms. The van der Waals surface area contributed by atoms with Gasteiger partial charge >= 0.3 is 11.9 Å². The Morgan fingerprint density at radius 3 is 2.31 bits per heavy atom. The van der Waals surface area contributed by atoms with Crippen molar-refractivity contribution in [1.29, 1.82) is 0 Å². The number of nitrogens with zero attached hydrogens (tertiary/aromatic N) is 1. The number of hydrogen-bond acceptors (Lipinski definition) is 6. The molecule has 4 rings (SSSR count). The van der Waals surface area contributed by atoms with Gasteiger partial charge in [-0.05, 0) is 93.5 Å². The molecule has 0 aromatic heterocycles. The molecule has 2 fully saturated rings. The van der Waals surface area contributed by atoms with Gasteiger partial charge in [-0.15, -0.1) is 0 Å². The number of fused-ring (bicyclic) bond motifs is 5. The molecule has 4 aliphatic rings. The lowest BCUT2D eigenvalue weighted by Gasteiger charge is -2.57. The van der Waals surface area contributed by atoms with Gasteiger partial charge in [0.05, 0.1) is 0 Å². The van der Waals surface area contributed by atoms with E-state index in [1.54, 1.807) is 0 Å². The third kappa shape index (κ3) is 4.90. The number of nitrogens with one attached hydrogen (secondary N) is 1. The first kappa shape index (κ1) is 26.6. The van der Waals surface area contributed by atoms with Crippen LogP contribution in [0.5, 0.6) is 0 Å². The number of allylic oxidation sites excluding steroid dienone is 2. The van der Waals surface area contributed by atoms with Gasteiger partial charge in [-0.25, -0.2) is 4.79 Å². The Morgan fingerprint density at radius 2 is 1.67 bits per heavy atom. The minimum Gasteiger partial charge on any atom is -0.462 e. The van der Waals surface area contributed by atoms with Crippen LogP contribution in [0.4, 0.5) is 0 Å². The summed E-state index contributed by atoms with van der Waals surface area (Å²) < 4.78 is 5.57. The zero-order valence-electron chi connectivity index (χ0n) is 22.9. The standard InChI is InChI=1S/C29H42N2O5/c1-17(32)35-20-12-14-28(6)19(16-20)8-9-21-22-10-11-24(29(22,7)15-13-23(21)28)25(31-36-18(2)33)26(34)30-27(3,4)5/h8,11,20-23H,9-10,12-16H2,1-7H3,(H,30,34)/b31-25+/t20-,21-,22-,23-,28-,29-/m0/s1. The predicted molar refractivity (Wildman–Crippen MR) is 138 cm³/mol. The van der Waals surface area contributed by atoms with Gasteiger partial charge in [-0.3, -0.25) is 9.59 Å². The molecule has 0 spiro atoms. The SMILES string of the molecule is CC(=O)O/N=C(/C(=O)NC(C)(C)C)C1=CC[C@H]2[C@@H]3CC=C4C[C@@H](OC(C)=O)CC[C@]4(C)[C@H]3CC[C@]12C. The number of oxime groups is 1. The summed E-state index contributed by atoms with van der Waals surface area (Å²) in [4.78, 5) is 41.4. The van der Waals surface area contributed by atoms with E-state index in [2.05, 4.69) is 36.5 Å². The highest BCUT2D eigenvalue weighted by atomic mass is 16.7. The number of ether oxygens (including phenoxy) is 1. The molecule has 0 saturated heterocycles. The molecule has 0 aromatic carbocycles. The first-order valence-corrected chi connectivity index (χ1v) is 13.4. The fourth-order valence-corrected chi connectivity index (χ4v) is 7.62. The van der Waals surface area contributed by atoms with Crippen molar-refractivity contribution in [3.05, 3.63) is 23.3 Å². The first-order valence-electron chi connectivity index (χ1n) is 13.4. The molecule has 2 saturated carbocycles. The molecule has 36 heavy (non-hydrogen) atoms. The zero-order valence-corrected chi connectivity index (χ0v) is 22.9. The van der Waals surface area contributed by atoms with Crippen molar-refractivity contribution in [2.24, 2.45) is 33.7 Å². The van der Waals surface area contributed by atoms with Gasteiger partial charge in [-0.2, -0.15) is 0 Å². The van der Waals surface area contributed by atoms with Crippen LogP contribution in [-0.2, 0) is 24.0 Å². The minimum atomic E-state index is -0.540. The summed E-state index contributed by atoms with van der Waals surface area (Å²) in [7, 11) is 0. The molecule has 6 atom stereocenters. The molecule has 7 heteroatoms. The van der Waals surface area contributed by atoms with Crippen molar-refractivity contribution < 1.29 is 24.0 Å². The molecular formula is C29H42N2O5. The summed E-state index contributed by atoms with van der Waals surface area (Å²) >= 11 is 0. The summed E-state index contributed by atoms with van der Waals surface area (Å²) in [5, 5.41) is 7.08. The van der Waals surface area contributed by atoms with Crippen LogP contribution in [0.1, 0.15) is 93.4 Å². The van der Waals surface area contributed by atoms with Gasteiger partial charge < -0.3 is 14.9 Å². The van der Waals surface area contributed by atoms with Crippen LogP contribution in [-0.4, -0.2) is 35.2 Å². The average molecular weight is 499 g/mol. The summed E-state index contributed by atoms with van der Waals surface area (Å²) in [5.74, 6) is 0.438. The molecule has 7 nitrogen and oxygen atoms in total. The lowest BCUT2D eigenvalue weighted by atomic mass is 9.47. The Labute approximate surface area is 215 Å². The number of esters is 1. The van der Waals surface area contributed by atoms with Gasteiger partial charge in [0, 0.05) is 25.8 Å². The second-order valence-electron chi connectivity index (χ2n) is 12.8. The van der Waals surface area contributed by atoms with Crippen LogP contribution in [0.3, 0.4) is 0 Å². The van der Waals surface area contributed by atoms with E-state index in [-0.39, 0.29) is 34.5 Å². The van der Waals surface area contributed by atoms with Gasteiger partial charge in [-0.1, -0.05) is 36.7 Å². The fourth-order valence-electron chi connectivity index (χ4n) is 7.62. The highest BCUT2D eigenvalue weighted by Gasteiger charge is 2.58. The first-order chi connectivity index (χ1) is 16.7. The van der Waals surface area contributed by atoms with E-state index in [0.717, 1.165) is 50.5 Å². The van der Waals surface area contributed by atoms with Crippen molar-refractivity contribution in [3.8, 4) is 0 Å². The second kappa shape index (κ2) is 9.46. The lowest BCUT2D eigenvalue weighted by molar-refractivity contribution is -0.148. The van der Waals surface area contributed by atoms with Gasteiger partial charge in [0.1, 0.15) is 6.10 Å². The van der Waals surface area contributed by atoms with Crippen molar-refractivity contribution >= 4 is 23.6 Å². The third-order valence-electron chi connectivity index (χ3n) is 9.20. The van der Waals surface area contributed by atoms with E-state index < -0.39 is 11.5 Å². The Balaban J connectivity index is 1.60. The van der Waals surface area contributed by atoms with Crippen LogP contribution in [0, 0.1) is 28.6 Å². The maximum absolute atomic E-state index is 13.3. The molecule has 0 unspecified atom stereocenters. The average Bonchev–Trinajstić information content (AvgIpc) is 3.09. The van der Waals surface area contributed by atoms with Crippen LogP contribution in [0.25, 0.3) is 0 Å². The van der Waals surface area contributed by atoms with Crippen LogP contribution in [0.15, 0.2) is 28.5 Å². The number of carbonyl (C=O) groups is 3. The molecule has 1 N–H and O–H groups in total. The van der Waals surface area contributed by atoms with E-state index in [1.807, 2.05) is 20.8 Å². The summed E-state index contributed by atoms with van der Waals surface area (Å²) in [6.45, 7) is 13.2. The molecule has 0 aromatic rings. The van der Waals surface area contributed by atoms with E-state index in [1.165, 1.54) is 19.4 Å². The van der Waals surface area contributed by atoms with Gasteiger partial charge in [0.15, 0.2) is 5.71 Å². The van der Waals surface area contributed by atoms with Crippen LogP contribution < -0.4 is 5.32 Å². The van der Waals surface area contributed by atoms with Crippen molar-refractivity contribution in [1.82, 2.24) is 5.32 Å². The van der Waals surface area contributed by atoms with E-state index in [9.17, 15) is 14.4 Å². The molecule has 0 heterocycles. The Bertz CT molecular complexity index is 1030. The second-order valence-corrected chi connectivity index (χ2v) is 12.8. The topological polar surface area (TPSA) is 94.1 Å². The number of hydrogen-bond donors (Lipinski definition) is 1. The number of amides is 1. The molecule has 0 aliphatic heterocycles. The van der Waals surface area contributed by atoms with E-state index in [0.29, 0.717) is 17.8 Å². The summed E-state index contributed by atoms with van der Waals surface area (Å²) in [6.07, 6.45) is 11.3. The Hall–Kier alpha value is -2.44. The smallest absolute Gasteiger partial charge is 0.332 e. The minimum absolute atomic E-state index is 0.00615. The highest BCUT2D eigenvalue weighted by Crippen LogP contribution is 2.65. The van der Waals surface area contributed by atoms with Crippen molar-refractivity contribution in [2.45, 2.75) is 105 Å². The number of carbonyl (C=O) groups excluding carboxylic acids is 3. The fraction of sp³-hybridized carbons (Fsp3) is 0.724. The van der Waals surface area contributed by atoms with Gasteiger partial charge in [0.25, 0.3) is 5.91 Å². The monoisotopic (exact) mass is 498 g/mol. The molecule has 1 amide bonds. The lowest BCUT2D eigenvalue weighted by Crippen LogP contribution is -2.51. The van der Waals surface area contributed by atoms with Crippen molar-refractivity contribution in [2.75, 3.05) is 0 Å². The maximum Gasteiger partial charge on any atom is 0.332 e. The van der Waals surface area contributed by atoms with Crippen LogP contribution in [0.2, 0.25) is 0 Å². The maximum atomic E-state index is 13.3. The Morgan fingerprint density at radius 1 is 0.972 bits per heavy atom. The molecule has 0 radical (unpaired) electrons. The summed E-state index contributed by atoms with van der Waals surface area (Å²) in [5.41, 5.74) is 2.08.